The number of thioether (sulfide) groups is 1. The third kappa shape index (κ3) is 5.08. The number of rotatable bonds is 7. The highest BCUT2D eigenvalue weighted by atomic mass is 35.5. The van der Waals surface area contributed by atoms with Crippen molar-refractivity contribution in [3.05, 3.63) is 59.1 Å². The van der Waals surface area contributed by atoms with Crippen molar-refractivity contribution in [2.75, 3.05) is 12.4 Å². The Morgan fingerprint density at radius 1 is 1.10 bits per heavy atom. The van der Waals surface area contributed by atoms with Crippen LogP contribution in [0.2, 0.25) is 5.02 Å². The molecule has 0 spiro atoms. The smallest absolute Gasteiger partial charge is 0.119 e. The molecule has 20 heavy (non-hydrogen) atoms. The van der Waals surface area contributed by atoms with Crippen molar-refractivity contribution < 1.29 is 4.74 Å². The van der Waals surface area contributed by atoms with E-state index < -0.39 is 0 Å². The van der Waals surface area contributed by atoms with Gasteiger partial charge in [0.05, 0.1) is 6.61 Å². The van der Waals surface area contributed by atoms with Gasteiger partial charge in [-0.1, -0.05) is 29.8 Å². The third-order valence-corrected chi connectivity index (χ3v) is 4.07. The fraction of sp³-hybridized carbons (Fsp3) is 0.250. The number of ether oxygens (including phenoxy) is 1. The van der Waals surface area contributed by atoms with E-state index in [0.717, 1.165) is 28.5 Å². The van der Waals surface area contributed by atoms with Gasteiger partial charge in [-0.2, -0.15) is 0 Å². The van der Waals surface area contributed by atoms with Crippen LogP contribution in [0.15, 0.2) is 53.4 Å². The van der Waals surface area contributed by atoms with Crippen LogP contribution in [-0.4, -0.2) is 12.4 Å². The Bertz CT molecular complexity index is 548. The summed E-state index contributed by atoms with van der Waals surface area (Å²) < 4.78 is 5.72. The number of nitrogens with two attached hydrogens (primary N) is 1. The summed E-state index contributed by atoms with van der Waals surface area (Å²) in [5, 5.41) is 0.782. The second kappa shape index (κ2) is 8.20. The molecule has 0 amide bonds. The average molecular weight is 308 g/mol. The fourth-order valence-corrected chi connectivity index (χ4v) is 2.90. The van der Waals surface area contributed by atoms with E-state index in [1.54, 1.807) is 11.8 Å². The summed E-state index contributed by atoms with van der Waals surface area (Å²) in [6.45, 7) is 1.25. The Morgan fingerprint density at radius 2 is 1.95 bits per heavy atom. The van der Waals surface area contributed by atoms with Crippen LogP contribution < -0.4 is 10.5 Å². The Balaban J connectivity index is 1.68. The first kappa shape index (κ1) is 15.2. The topological polar surface area (TPSA) is 35.2 Å². The molecule has 0 atom stereocenters. The quantitative estimate of drug-likeness (QED) is 0.610. The van der Waals surface area contributed by atoms with Gasteiger partial charge in [0.2, 0.25) is 0 Å². The van der Waals surface area contributed by atoms with Crippen LogP contribution in [0.3, 0.4) is 0 Å². The van der Waals surface area contributed by atoms with Gasteiger partial charge in [0, 0.05) is 22.2 Å². The molecule has 0 heterocycles. The van der Waals surface area contributed by atoms with Crippen molar-refractivity contribution in [1.82, 2.24) is 0 Å². The van der Waals surface area contributed by atoms with Gasteiger partial charge in [0.25, 0.3) is 0 Å². The predicted octanol–water partition coefficient (Wildman–Crippen LogP) is 4.36. The SMILES string of the molecule is NCc1cccc(OCCCSc2cccc(Cl)c2)c1. The first-order valence-corrected chi connectivity index (χ1v) is 7.94. The first-order chi connectivity index (χ1) is 9.78. The number of halogens is 1. The van der Waals surface area contributed by atoms with E-state index >= 15 is 0 Å². The van der Waals surface area contributed by atoms with Crippen LogP contribution in [0.4, 0.5) is 0 Å². The van der Waals surface area contributed by atoms with Crippen LogP contribution in [0.1, 0.15) is 12.0 Å². The lowest BCUT2D eigenvalue weighted by atomic mass is 10.2. The Labute approximate surface area is 129 Å². The maximum atomic E-state index is 5.95. The van der Waals surface area contributed by atoms with E-state index in [-0.39, 0.29) is 0 Å². The van der Waals surface area contributed by atoms with E-state index in [0.29, 0.717) is 13.2 Å². The van der Waals surface area contributed by atoms with Crippen molar-refractivity contribution >= 4 is 23.4 Å². The summed E-state index contributed by atoms with van der Waals surface area (Å²) in [5.74, 6) is 1.90. The van der Waals surface area contributed by atoms with Gasteiger partial charge >= 0.3 is 0 Å². The largest absolute Gasteiger partial charge is 0.494 e. The number of benzene rings is 2. The highest BCUT2D eigenvalue weighted by Crippen LogP contribution is 2.22. The lowest BCUT2D eigenvalue weighted by Gasteiger charge is -2.07. The highest BCUT2D eigenvalue weighted by Gasteiger charge is 1.98. The first-order valence-electron chi connectivity index (χ1n) is 6.58. The van der Waals surface area contributed by atoms with Crippen LogP contribution in [0, 0.1) is 0 Å². The molecule has 2 aromatic rings. The molecule has 106 valence electrons. The minimum Gasteiger partial charge on any atom is -0.494 e. The number of hydrogen-bond donors (Lipinski definition) is 1. The predicted molar refractivity (Wildman–Crippen MR) is 86.6 cm³/mol. The minimum absolute atomic E-state index is 0.543. The molecule has 2 N–H and O–H groups in total. The zero-order chi connectivity index (χ0) is 14.2. The van der Waals surface area contributed by atoms with Crippen LogP contribution in [-0.2, 0) is 6.54 Å². The molecule has 0 unspecified atom stereocenters. The van der Waals surface area contributed by atoms with E-state index in [1.807, 2.05) is 42.5 Å². The zero-order valence-corrected chi connectivity index (χ0v) is 12.8. The molecule has 2 nitrogen and oxygen atoms in total. The van der Waals surface area contributed by atoms with Crippen LogP contribution >= 0.6 is 23.4 Å². The van der Waals surface area contributed by atoms with Crippen molar-refractivity contribution in [3.63, 3.8) is 0 Å². The van der Waals surface area contributed by atoms with E-state index in [9.17, 15) is 0 Å². The summed E-state index contributed by atoms with van der Waals surface area (Å²) in [4.78, 5) is 1.20. The number of hydrogen-bond acceptors (Lipinski definition) is 3. The molecule has 0 aliphatic heterocycles. The molecular formula is C16H18ClNOS. The summed E-state index contributed by atoms with van der Waals surface area (Å²) >= 11 is 7.74. The van der Waals surface area contributed by atoms with E-state index in [2.05, 4.69) is 6.07 Å². The van der Waals surface area contributed by atoms with E-state index in [4.69, 9.17) is 22.1 Å². The van der Waals surface area contributed by atoms with Gasteiger partial charge in [-0.3, -0.25) is 0 Å². The molecule has 2 aromatic carbocycles. The highest BCUT2D eigenvalue weighted by molar-refractivity contribution is 7.99. The van der Waals surface area contributed by atoms with Crippen molar-refractivity contribution in [2.45, 2.75) is 17.9 Å². The Morgan fingerprint density at radius 3 is 2.75 bits per heavy atom. The molecule has 0 fully saturated rings. The second-order valence-corrected chi connectivity index (χ2v) is 5.96. The summed E-state index contributed by atoms with van der Waals surface area (Å²) in [6.07, 6.45) is 0.990. The summed E-state index contributed by atoms with van der Waals surface area (Å²) in [7, 11) is 0. The minimum atomic E-state index is 0.543. The van der Waals surface area contributed by atoms with Gasteiger partial charge in [0.1, 0.15) is 5.75 Å². The second-order valence-electron chi connectivity index (χ2n) is 4.36. The van der Waals surface area contributed by atoms with Gasteiger partial charge in [0.15, 0.2) is 0 Å². The monoisotopic (exact) mass is 307 g/mol. The molecule has 2 rings (SSSR count). The third-order valence-electron chi connectivity index (χ3n) is 2.76. The Kier molecular flexibility index (Phi) is 6.25. The molecule has 0 aliphatic carbocycles. The van der Waals surface area contributed by atoms with Crippen molar-refractivity contribution in [3.8, 4) is 5.75 Å². The molecule has 0 saturated carbocycles. The Hall–Kier alpha value is -1.16. The lowest BCUT2D eigenvalue weighted by Crippen LogP contribution is -2.00. The zero-order valence-electron chi connectivity index (χ0n) is 11.2. The maximum Gasteiger partial charge on any atom is 0.119 e. The molecule has 0 aliphatic rings. The normalized spacial score (nSPS) is 10.5. The average Bonchev–Trinajstić information content (AvgIpc) is 2.47. The van der Waals surface area contributed by atoms with Gasteiger partial charge in [-0.05, 0) is 42.3 Å². The van der Waals surface area contributed by atoms with Gasteiger partial charge in [-0.25, -0.2) is 0 Å². The van der Waals surface area contributed by atoms with Crippen molar-refractivity contribution in [2.24, 2.45) is 5.73 Å². The van der Waals surface area contributed by atoms with Gasteiger partial charge < -0.3 is 10.5 Å². The van der Waals surface area contributed by atoms with Crippen LogP contribution in [0.25, 0.3) is 0 Å². The fourth-order valence-electron chi connectivity index (χ4n) is 1.76. The molecule has 0 saturated heterocycles. The molecule has 0 aromatic heterocycles. The molecule has 4 heteroatoms. The van der Waals surface area contributed by atoms with Gasteiger partial charge in [-0.15, -0.1) is 11.8 Å². The molecule has 0 radical (unpaired) electrons. The van der Waals surface area contributed by atoms with E-state index in [1.165, 1.54) is 4.90 Å². The molecule has 0 bridgehead atoms. The van der Waals surface area contributed by atoms with Crippen molar-refractivity contribution in [1.29, 1.82) is 0 Å². The standard InChI is InChI=1S/C16H18ClNOS/c17-14-5-2-7-16(11-14)20-9-3-8-19-15-6-1-4-13(10-15)12-18/h1-2,4-7,10-11H,3,8-9,12,18H2. The summed E-state index contributed by atoms with van der Waals surface area (Å²) in [5.41, 5.74) is 6.70. The maximum absolute atomic E-state index is 5.95. The summed E-state index contributed by atoms with van der Waals surface area (Å²) in [6, 6.07) is 15.8. The van der Waals surface area contributed by atoms with Crippen LogP contribution in [0.5, 0.6) is 5.75 Å². The molecular weight excluding hydrogens is 290 g/mol. The lowest BCUT2D eigenvalue weighted by molar-refractivity contribution is 0.318.